The van der Waals surface area contributed by atoms with Crippen LogP contribution in [0.25, 0.3) is 0 Å². The quantitative estimate of drug-likeness (QED) is 0.746. The van der Waals surface area contributed by atoms with Gasteiger partial charge >= 0.3 is 5.97 Å². The summed E-state index contributed by atoms with van der Waals surface area (Å²) in [7, 11) is 1.40. The molecule has 3 atom stereocenters. The molecular formula is C19H20F2N2O2S. The summed E-state index contributed by atoms with van der Waals surface area (Å²) in [5, 5.41) is 1.94. The Morgan fingerprint density at radius 2 is 2.15 bits per heavy atom. The second-order valence-electron chi connectivity index (χ2n) is 7.13. The van der Waals surface area contributed by atoms with Gasteiger partial charge in [-0.05, 0) is 31.4 Å². The minimum absolute atomic E-state index is 0.0683. The Morgan fingerprint density at radius 3 is 2.81 bits per heavy atom. The molecule has 2 fully saturated rings. The molecule has 0 amide bonds. The zero-order valence-corrected chi connectivity index (χ0v) is 15.3. The minimum Gasteiger partial charge on any atom is -0.469 e. The number of nitrogens with zero attached hydrogens (tertiary/aromatic N) is 2. The Hall–Kier alpha value is -1.86. The maximum absolute atomic E-state index is 14.1. The van der Waals surface area contributed by atoms with E-state index in [4.69, 9.17) is 4.74 Å². The van der Waals surface area contributed by atoms with Gasteiger partial charge in [-0.1, -0.05) is 6.07 Å². The maximum atomic E-state index is 14.1. The molecule has 0 unspecified atom stereocenters. The van der Waals surface area contributed by atoms with Gasteiger partial charge in [-0.3, -0.25) is 9.69 Å². The average molecular weight is 378 g/mol. The molecule has 0 radical (unpaired) electrons. The fourth-order valence-electron chi connectivity index (χ4n) is 4.74. The van der Waals surface area contributed by atoms with Crippen molar-refractivity contribution in [2.24, 2.45) is 5.41 Å². The number of carbonyl (C=O) groups is 1. The van der Waals surface area contributed by atoms with Crippen molar-refractivity contribution in [2.45, 2.75) is 44.3 Å². The molecule has 2 aromatic rings. The Balaban J connectivity index is 1.66. The Bertz CT molecular complexity index is 794. The summed E-state index contributed by atoms with van der Waals surface area (Å²) in [6, 6.07) is 3.95. The molecule has 2 saturated heterocycles. The van der Waals surface area contributed by atoms with Gasteiger partial charge < -0.3 is 4.74 Å². The van der Waals surface area contributed by atoms with Crippen LogP contribution in [0.5, 0.6) is 0 Å². The van der Waals surface area contributed by atoms with E-state index in [9.17, 15) is 13.6 Å². The molecule has 2 aliphatic heterocycles. The van der Waals surface area contributed by atoms with Crippen molar-refractivity contribution in [2.75, 3.05) is 7.11 Å². The van der Waals surface area contributed by atoms with E-state index in [0.29, 0.717) is 12.8 Å². The SMILES string of the molecule is COC(=O)[C@@]1(Cc2cscn2)C[C@H]2CC[C@@H]1N2Cc1c(F)cccc1F. The van der Waals surface area contributed by atoms with Crippen LogP contribution in [0.3, 0.4) is 0 Å². The summed E-state index contributed by atoms with van der Waals surface area (Å²) in [5.74, 6) is -1.34. The molecule has 0 saturated carbocycles. The van der Waals surface area contributed by atoms with E-state index in [1.807, 2.05) is 5.38 Å². The highest BCUT2D eigenvalue weighted by Gasteiger charge is 2.60. The van der Waals surface area contributed by atoms with E-state index in [2.05, 4.69) is 9.88 Å². The molecule has 7 heteroatoms. The summed E-state index contributed by atoms with van der Waals surface area (Å²) in [6.07, 6.45) is 2.88. The third-order valence-electron chi connectivity index (χ3n) is 5.85. The summed E-state index contributed by atoms with van der Waals surface area (Å²) in [5.41, 5.74) is 1.98. The van der Waals surface area contributed by atoms with Gasteiger partial charge in [0, 0.05) is 36.0 Å². The van der Waals surface area contributed by atoms with Gasteiger partial charge in [-0.2, -0.15) is 0 Å². The molecular weight excluding hydrogens is 358 g/mol. The van der Waals surface area contributed by atoms with Crippen LogP contribution in [-0.2, 0) is 22.5 Å². The molecule has 1 aromatic carbocycles. The highest BCUT2D eigenvalue weighted by molar-refractivity contribution is 7.07. The van der Waals surface area contributed by atoms with Crippen molar-refractivity contribution < 1.29 is 18.3 Å². The van der Waals surface area contributed by atoms with Crippen LogP contribution < -0.4 is 0 Å². The molecule has 0 spiro atoms. The predicted molar refractivity (Wildman–Crippen MR) is 93.6 cm³/mol. The zero-order chi connectivity index (χ0) is 18.3. The fourth-order valence-corrected chi connectivity index (χ4v) is 5.30. The normalized spacial score (nSPS) is 27.8. The highest BCUT2D eigenvalue weighted by atomic mass is 32.1. The van der Waals surface area contributed by atoms with Gasteiger partial charge in [-0.25, -0.2) is 13.8 Å². The lowest BCUT2D eigenvalue weighted by molar-refractivity contribution is -0.155. The van der Waals surface area contributed by atoms with Crippen molar-refractivity contribution >= 4 is 17.3 Å². The number of ether oxygens (including phenoxy) is 1. The average Bonchev–Trinajstić information content (AvgIpc) is 3.34. The Morgan fingerprint density at radius 1 is 1.38 bits per heavy atom. The van der Waals surface area contributed by atoms with E-state index < -0.39 is 17.0 Å². The van der Waals surface area contributed by atoms with E-state index in [1.165, 1.54) is 36.6 Å². The first-order valence-corrected chi connectivity index (χ1v) is 9.63. The summed E-state index contributed by atoms with van der Waals surface area (Å²) in [6.45, 7) is 0.170. The van der Waals surface area contributed by atoms with Gasteiger partial charge in [0.2, 0.25) is 0 Å². The van der Waals surface area contributed by atoms with E-state index >= 15 is 0 Å². The third kappa shape index (κ3) is 2.74. The first-order valence-electron chi connectivity index (χ1n) is 8.69. The van der Waals surface area contributed by atoms with Gasteiger partial charge in [0.1, 0.15) is 11.6 Å². The lowest BCUT2D eigenvalue weighted by Crippen LogP contribution is -2.45. The van der Waals surface area contributed by atoms with Crippen LogP contribution in [0.4, 0.5) is 8.78 Å². The number of thiazole rings is 1. The van der Waals surface area contributed by atoms with Crippen LogP contribution in [0.2, 0.25) is 0 Å². The second kappa shape index (κ2) is 6.70. The molecule has 2 bridgehead atoms. The number of hydrogen-bond donors (Lipinski definition) is 0. The predicted octanol–water partition coefficient (Wildman–Crippen LogP) is 3.56. The molecule has 4 rings (SSSR count). The van der Waals surface area contributed by atoms with Gasteiger partial charge in [0.05, 0.1) is 23.7 Å². The van der Waals surface area contributed by atoms with Crippen molar-refractivity contribution in [3.05, 3.63) is 52.0 Å². The standard InChI is InChI=1S/C19H20F2N2O2S/c1-25-18(24)19(7-12-10-26-11-22-12)8-13-5-6-17(19)23(13)9-14-15(20)3-2-4-16(14)21/h2-4,10-11,13,17H,5-9H2,1H3/t13-,17+,19+/m1/s1. The minimum atomic E-state index is -0.701. The van der Waals surface area contributed by atoms with Crippen molar-refractivity contribution in [1.29, 1.82) is 0 Å². The third-order valence-corrected chi connectivity index (χ3v) is 6.49. The van der Waals surface area contributed by atoms with Crippen molar-refractivity contribution in [3.63, 3.8) is 0 Å². The van der Waals surface area contributed by atoms with Crippen LogP contribution in [0, 0.1) is 17.0 Å². The molecule has 0 N–H and O–H groups in total. The van der Waals surface area contributed by atoms with Gasteiger partial charge in [0.25, 0.3) is 0 Å². The van der Waals surface area contributed by atoms with Crippen LogP contribution >= 0.6 is 11.3 Å². The zero-order valence-electron chi connectivity index (χ0n) is 14.5. The van der Waals surface area contributed by atoms with E-state index in [1.54, 1.807) is 5.51 Å². The lowest BCUT2D eigenvalue weighted by atomic mass is 9.71. The van der Waals surface area contributed by atoms with Crippen LogP contribution in [-0.4, -0.2) is 35.0 Å². The lowest BCUT2D eigenvalue weighted by Gasteiger charge is -2.34. The summed E-state index contributed by atoms with van der Waals surface area (Å²) in [4.78, 5) is 19.2. The number of benzene rings is 1. The number of hydrogen-bond acceptors (Lipinski definition) is 5. The first kappa shape index (κ1) is 17.5. The highest BCUT2D eigenvalue weighted by Crippen LogP contribution is 2.52. The number of carbonyl (C=O) groups excluding carboxylic acids is 1. The maximum Gasteiger partial charge on any atom is 0.313 e. The largest absolute Gasteiger partial charge is 0.469 e. The van der Waals surface area contributed by atoms with E-state index in [0.717, 1.165) is 18.5 Å². The Labute approximate surface area is 154 Å². The molecule has 4 nitrogen and oxygen atoms in total. The van der Waals surface area contributed by atoms with Crippen LogP contribution in [0.15, 0.2) is 29.1 Å². The summed E-state index contributed by atoms with van der Waals surface area (Å²) >= 11 is 1.49. The van der Waals surface area contributed by atoms with Crippen molar-refractivity contribution in [3.8, 4) is 0 Å². The summed E-state index contributed by atoms with van der Waals surface area (Å²) < 4.78 is 33.4. The second-order valence-corrected chi connectivity index (χ2v) is 7.85. The van der Waals surface area contributed by atoms with Crippen molar-refractivity contribution in [1.82, 2.24) is 9.88 Å². The molecule has 0 aliphatic carbocycles. The number of halogens is 2. The monoisotopic (exact) mass is 378 g/mol. The number of fused-ring (bicyclic) bond motifs is 2. The smallest absolute Gasteiger partial charge is 0.313 e. The fraction of sp³-hybridized carbons (Fsp3) is 0.474. The number of rotatable bonds is 5. The van der Waals surface area contributed by atoms with Gasteiger partial charge in [0.15, 0.2) is 0 Å². The van der Waals surface area contributed by atoms with E-state index in [-0.39, 0.29) is 30.2 Å². The topological polar surface area (TPSA) is 42.4 Å². The number of aromatic nitrogens is 1. The molecule has 138 valence electrons. The molecule has 1 aromatic heterocycles. The number of esters is 1. The van der Waals surface area contributed by atoms with Gasteiger partial charge in [-0.15, -0.1) is 11.3 Å². The molecule has 2 aliphatic rings. The Kier molecular flexibility index (Phi) is 4.52. The molecule has 26 heavy (non-hydrogen) atoms. The first-order chi connectivity index (χ1) is 12.5. The van der Waals surface area contributed by atoms with Crippen LogP contribution in [0.1, 0.15) is 30.5 Å². The number of methoxy groups -OCH3 is 1. The molecule has 3 heterocycles.